The van der Waals surface area contributed by atoms with Gasteiger partial charge < -0.3 is 20.5 Å². The Kier molecular flexibility index (Phi) is 3.56. The van der Waals surface area contributed by atoms with E-state index in [1.807, 2.05) is 27.7 Å². The average molecular weight is 270 g/mol. The van der Waals surface area contributed by atoms with Crippen LogP contribution in [0.15, 0.2) is 0 Å². The van der Waals surface area contributed by atoms with Gasteiger partial charge in [-0.2, -0.15) is 0 Å². The Morgan fingerprint density at radius 1 is 1.32 bits per heavy atom. The standard InChI is InChI=1S/C14H26N2O3/c1-12(2)7-10(13(3,4)19-12)16-11(18)15-8-14(9-17)5-6-14/h10,17H,5-9H2,1-4H3,(H2,15,16,18). The Morgan fingerprint density at radius 2 is 1.95 bits per heavy atom. The van der Waals surface area contributed by atoms with Crippen molar-refractivity contribution in [3.8, 4) is 0 Å². The Balaban J connectivity index is 1.82. The zero-order valence-electron chi connectivity index (χ0n) is 12.4. The van der Waals surface area contributed by atoms with Gasteiger partial charge >= 0.3 is 6.03 Å². The van der Waals surface area contributed by atoms with Crippen molar-refractivity contribution in [3.05, 3.63) is 0 Å². The lowest BCUT2D eigenvalue weighted by Crippen LogP contribution is -2.50. The number of hydrogen-bond donors (Lipinski definition) is 3. The molecule has 2 fully saturated rings. The largest absolute Gasteiger partial charge is 0.396 e. The van der Waals surface area contributed by atoms with Gasteiger partial charge in [0.25, 0.3) is 0 Å². The highest BCUT2D eigenvalue weighted by molar-refractivity contribution is 5.74. The van der Waals surface area contributed by atoms with Crippen LogP contribution in [-0.2, 0) is 4.74 Å². The predicted octanol–water partition coefficient (Wildman–Crippen LogP) is 1.40. The van der Waals surface area contributed by atoms with Crippen molar-refractivity contribution in [1.29, 1.82) is 0 Å². The van der Waals surface area contributed by atoms with Crippen LogP contribution < -0.4 is 10.6 Å². The summed E-state index contributed by atoms with van der Waals surface area (Å²) >= 11 is 0. The second-order valence-electron chi connectivity index (χ2n) is 7.21. The van der Waals surface area contributed by atoms with E-state index >= 15 is 0 Å². The van der Waals surface area contributed by atoms with Crippen LogP contribution in [0.5, 0.6) is 0 Å². The number of rotatable bonds is 4. The zero-order valence-corrected chi connectivity index (χ0v) is 12.4. The number of carbonyl (C=O) groups is 1. The summed E-state index contributed by atoms with van der Waals surface area (Å²) in [6.07, 6.45) is 2.79. The summed E-state index contributed by atoms with van der Waals surface area (Å²) in [6, 6.07) is -0.161. The Hall–Kier alpha value is -0.810. The van der Waals surface area contributed by atoms with Crippen LogP contribution in [-0.4, -0.2) is 41.5 Å². The molecular weight excluding hydrogens is 244 g/mol. The van der Waals surface area contributed by atoms with Gasteiger partial charge in [-0.3, -0.25) is 0 Å². The van der Waals surface area contributed by atoms with Gasteiger partial charge in [-0.25, -0.2) is 4.79 Å². The molecule has 0 aromatic carbocycles. The fourth-order valence-corrected chi connectivity index (χ4v) is 2.83. The van der Waals surface area contributed by atoms with E-state index in [0.29, 0.717) is 6.54 Å². The highest BCUT2D eigenvalue weighted by atomic mass is 16.5. The first kappa shape index (κ1) is 14.6. The number of aliphatic hydroxyl groups is 1. The summed E-state index contributed by atoms with van der Waals surface area (Å²) in [5.41, 5.74) is -0.613. The van der Waals surface area contributed by atoms with Crippen molar-refractivity contribution in [1.82, 2.24) is 10.6 Å². The highest BCUT2D eigenvalue weighted by Crippen LogP contribution is 2.44. The Morgan fingerprint density at radius 3 is 2.37 bits per heavy atom. The van der Waals surface area contributed by atoms with E-state index in [-0.39, 0.29) is 35.3 Å². The van der Waals surface area contributed by atoms with Crippen molar-refractivity contribution in [3.63, 3.8) is 0 Å². The Labute approximate surface area is 115 Å². The molecule has 2 amide bonds. The van der Waals surface area contributed by atoms with E-state index in [1.54, 1.807) is 0 Å². The van der Waals surface area contributed by atoms with Crippen LogP contribution in [0.2, 0.25) is 0 Å². The van der Waals surface area contributed by atoms with Gasteiger partial charge in [-0.15, -0.1) is 0 Å². The van der Waals surface area contributed by atoms with Crippen molar-refractivity contribution >= 4 is 6.03 Å². The summed E-state index contributed by atoms with van der Waals surface area (Å²) in [5.74, 6) is 0. The first-order valence-electron chi connectivity index (χ1n) is 7.04. The molecule has 0 spiro atoms. The molecule has 2 aliphatic rings. The fourth-order valence-electron chi connectivity index (χ4n) is 2.83. The van der Waals surface area contributed by atoms with Gasteiger partial charge in [0, 0.05) is 12.0 Å². The third-order valence-corrected chi connectivity index (χ3v) is 4.30. The first-order valence-corrected chi connectivity index (χ1v) is 7.04. The molecule has 0 aromatic rings. The van der Waals surface area contributed by atoms with Gasteiger partial charge in [-0.1, -0.05) is 0 Å². The molecule has 1 aliphatic heterocycles. The van der Waals surface area contributed by atoms with Crippen LogP contribution in [0.1, 0.15) is 47.0 Å². The number of aliphatic hydroxyl groups excluding tert-OH is 1. The second-order valence-corrected chi connectivity index (χ2v) is 7.21. The molecule has 1 atom stereocenters. The highest BCUT2D eigenvalue weighted by Gasteiger charge is 2.47. The van der Waals surface area contributed by atoms with Gasteiger partial charge in [0.05, 0.1) is 23.9 Å². The van der Waals surface area contributed by atoms with Gasteiger partial charge in [0.2, 0.25) is 0 Å². The molecule has 1 saturated carbocycles. The lowest BCUT2D eigenvalue weighted by molar-refractivity contribution is -0.0690. The van der Waals surface area contributed by atoms with Crippen molar-refractivity contribution in [2.75, 3.05) is 13.2 Å². The molecule has 0 radical (unpaired) electrons. The van der Waals surface area contributed by atoms with E-state index in [1.165, 1.54) is 0 Å². The lowest BCUT2D eigenvalue weighted by atomic mass is 9.95. The molecule has 19 heavy (non-hydrogen) atoms. The summed E-state index contributed by atoms with van der Waals surface area (Å²) in [4.78, 5) is 11.9. The fraction of sp³-hybridized carbons (Fsp3) is 0.929. The summed E-state index contributed by atoms with van der Waals surface area (Å²) in [6.45, 7) is 8.79. The molecule has 3 N–H and O–H groups in total. The van der Waals surface area contributed by atoms with Gasteiger partial charge in [0.15, 0.2) is 0 Å². The van der Waals surface area contributed by atoms with E-state index in [9.17, 15) is 9.90 Å². The third kappa shape index (κ3) is 3.39. The zero-order chi connectivity index (χ0) is 14.3. The quantitative estimate of drug-likeness (QED) is 0.723. The molecule has 5 heteroatoms. The van der Waals surface area contributed by atoms with Gasteiger partial charge in [0.1, 0.15) is 0 Å². The molecule has 1 aliphatic carbocycles. The first-order chi connectivity index (χ1) is 8.68. The monoisotopic (exact) mass is 270 g/mol. The third-order valence-electron chi connectivity index (χ3n) is 4.30. The van der Waals surface area contributed by atoms with Crippen molar-refractivity contribution in [2.24, 2.45) is 5.41 Å². The van der Waals surface area contributed by atoms with E-state index in [2.05, 4.69) is 10.6 Å². The molecule has 5 nitrogen and oxygen atoms in total. The number of carbonyl (C=O) groups excluding carboxylic acids is 1. The molecule has 2 rings (SSSR count). The molecule has 1 saturated heterocycles. The SMILES string of the molecule is CC1(C)CC(NC(=O)NCC2(CO)CC2)C(C)(C)O1. The molecular formula is C14H26N2O3. The minimum atomic E-state index is -0.352. The van der Waals surface area contributed by atoms with Crippen LogP contribution in [0.25, 0.3) is 0 Å². The van der Waals surface area contributed by atoms with E-state index < -0.39 is 0 Å². The lowest BCUT2D eigenvalue weighted by Gasteiger charge is -2.28. The summed E-state index contributed by atoms with van der Waals surface area (Å²) < 4.78 is 5.95. The van der Waals surface area contributed by atoms with Crippen molar-refractivity contribution in [2.45, 2.75) is 64.2 Å². The minimum Gasteiger partial charge on any atom is -0.396 e. The van der Waals surface area contributed by atoms with E-state index in [0.717, 1.165) is 19.3 Å². The maximum atomic E-state index is 11.9. The summed E-state index contributed by atoms with van der Waals surface area (Å²) in [5, 5.41) is 15.1. The number of amides is 2. The number of ether oxygens (including phenoxy) is 1. The predicted molar refractivity (Wildman–Crippen MR) is 72.9 cm³/mol. The maximum Gasteiger partial charge on any atom is 0.315 e. The molecule has 0 aromatic heterocycles. The van der Waals surface area contributed by atoms with Gasteiger partial charge in [-0.05, 0) is 47.0 Å². The van der Waals surface area contributed by atoms with Crippen LogP contribution in [0.3, 0.4) is 0 Å². The normalized spacial score (nSPS) is 29.8. The average Bonchev–Trinajstić information content (AvgIpc) is 3.00. The molecule has 110 valence electrons. The summed E-state index contributed by atoms with van der Waals surface area (Å²) in [7, 11) is 0. The number of nitrogens with one attached hydrogen (secondary N) is 2. The molecule has 1 unspecified atom stereocenters. The van der Waals surface area contributed by atoms with Crippen LogP contribution in [0, 0.1) is 5.41 Å². The van der Waals surface area contributed by atoms with Crippen LogP contribution in [0.4, 0.5) is 4.79 Å². The van der Waals surface area contributed by atoms with E-state index in [4.69, 9.17) is 4.74 Å². The maximum absolute atomic E-state index is 11.9. The second kappa shape index (κ2) is 4.63. The smallest absolute Gasteiger partial charge is 0.315 e. The molecule has 1 heterocycles. The van der Waals surface area contributed by atoms with Crippen molar-refractivity contribution < 1.29 is 14.6 Å². The number of urea groups is 1. The minimum absolute atomic E-state index is 0.00628. The Bertz CT molecular complexity index is 362. The van der Waals surface area contributed by atoms with Crippen LogP contribution >= 0.6 is 0 Å². The number of hydrogen-bond acceptors (Lipinski definition) is 3. The topological polar surface area (TPSA) is 70.6 Å². The molecule has 0 bridgehead atoms.